The average molecular weight is 327 g/mol. The van der Waals surface area contributed by atoms with Gasteiger partial charge in [-0.1, -0.05) is 24.3 Å². The highest BCUT2D eigenvalue weighted by Crippen LogP contribution is 2.21. The quantitative estimate of drug-likeness (QED) is 0.315. The number of amides is 2. The van der Waals surface area contributed by atoms with Crippen molar-refractivity contribution in [3.05, 3.63) is 48.2 Å². The lowest BCUT2D eigenvalue weighted by atomic mass is 10.1. The van der Waals surface area contributed by atoms with E-state index in [0.717, 1.165) is 17.3 Å². The summed E-state index contributed by atoms with van der Waals surface area (Å²) < 4.78 is 0. The van der Waals surface area contributed by atoms with E-state index in [1.807, 2.05) is 36.4 Å². The summed E-state index contributed by atoms with van der Waals surface area (Å²) in [5, 5.41) is 12.3. The number of hydrogen-bond donors (Lipinski definition) is 3. The molecule has 3 N–H and O–H groups in total. The Morgan fingerprint density at radius 3 is 2.79 bits per heavy atom. The molecule has 0 unspecified atom stereocenters. The SMILES string of the molecule is C/C(=C\CCCCC(=O)NO)C(=O)Nc1cccc2cccnc12. The zero-order valence-electron chi connectivity index (χ0n) is 13.6. The Morgan fingerprint density at radius 2 is 2.00 bits per heavy atom. The minimum absolute atomic E-state index is 0.166. The van der Waals surface area contributed by atoms with Crippen LogP contribution in [0.1, 0.15) is 32.6 Å². The molecule has 6 nitrogen and oxygen atoms in total. The number of carbonyl (C=O) groups excluding carboxylic acids is 2. The molecule has 0 saturated carbocycles. The van der Waals surface area contributed by atoms with Crippen LogP contribution in [-0.4, -0.2) is 22.0 Å². The van der Waals surface area contributed by atoms with E-state index in [2.05, 4.69) is 10.3 Å². The van der Waals surface area contributed by atoms with Crippen molar-refractivity contribution in [1.29, 1.82) is 0 Å². The largest absolute Gasteiger partial charge is 0.320 e. The van der Waals surface area contributed by atoms with E-state index in [4.69, 9.17) is 5.21 Å². The molecular formula is C18H21N3O3. The first kappa shape index (κ1) is 17.6. The molecule has 0 atom stereocenters. The number of allylic oxidation sites excluding steroid dienone is 1. The van der Waals surface area contributed by atoms with Crippen molar-refractivity contribution in [2.75, 3.05) is 5.32 Å². The van der Waals surface area contributed by atoms with Crippen molar-refractivity contribution in [3.8, 4) is 0 Å². The predicted molar refractivity (Wildman–Crippen MR) is 92.5 cm³/mol. The first-order valence-electron chi connectivity index (χ1n) is 7.86. The van der Waals surface area contributed by atoms with Crippen LogP contribution in [0.5, 0.6) is 0 Å². The molecule has 126 valence electrons. The average Bonchev–Trinajstić information content (AvgIpc) is 2.61. The van der Waals surface area contributed by atoms with Gasteiger partial charge < -0.3 is 5.32 Å². The number of para-hydroxylation sites is 1. The Kier molecular flexibility index (Phi) is 6.45. The van der Waals surface area contributed by atoms with Crippen molar-refractivity contribution < 1.29 is 14.8 Å². The molecule has 2 aromatic rings. The second kappa shape index (κ2) is 8.79. The minimum atomic E-state index is -0.392. The Labute approximate surface area is 140 Å². The van der Waals surface area contributed by atoms with Gasteiger partial charge in [-0.25, -0.2) is 5.48 Å². The van der Waals surface area contributed by atoms with Crippen LogP contribution in [0, 0.1) is 0 Å². The number of nitrogens with zero attached hydrogens (tertiary/aromatic N) is 1. The molecule has 0 aliphatic carbocycles. The van der Waals surface area contributed by atoms with Crippen LogP contribution in [0.2, 0.25) is 0 Å². The Balaban J connectivity index is 1.91. The number of hydroxylamine groups is 1. The maximum absolute atomic E-state index is 12.3. The fourth-order valence-electron chi connectivity index (χ4n) is 2.32. The summed E-state index contributed by atoms with van der Waals surface area (Å²) in [6, 6.07) is 9.46. The molecule has 0 saturated heterocycles. The summed E-state index contributed by atoms with van der Waals surface area (Å²) in [5.74, 6) is -0.557. The first-order valence-corrected chi connectivity index (χ1v) is 7.86. The molecule has 0 spiro atoms. The lowest BCUT2D eigenvalue weighted by Gasteiger charge is -2.08. The molecular weight excluding hydrogens is 306 g/mol. The molecule has 0 aliphatic rings. The third-order valence-corrected chi connectivity index (χ3v) is 3.67. The topological polar surface area (TPSA) is 91.3 Å². The Bertz CT molecular complexity index is 751. The van der Waals surface area contributed by atoms with Crippen molar-refractivity contribution in [1.82, 2.24) is 10.5 Å². The maximum atomic E-state index is 12.3. The molecule has 2 amide bonds. The molecule has 2 rings (SSSR count). The van der Waals surface area contributed by atoms with Crippen LogP contribution in [0.15, 0.2) is 48.2 Å². The number of unbranched alkanes of at least 4 members (excludes halogenated alkanes) is 2. The van der Waals surface area contributed by atoms with E-state index in [1.54, 1.807) is 18.6 Å². The van der Waals surface area contributed by atoms with E-state index in [9.17, 15) is 9.59 Å². The summed E-state index contributed by atoms with van der Waals surface area (Å²) in [7, 11) is 0. The van der Waals surface area contributed by atoms with Gasteiger partial charge in [0.15, 0.2) is 0 Å². The second-order valence-corrected chi connectivity index (χ2v) is 5.50. The van der Waals surface area contributed by atoms with Gasteiger partial charge in [-0.15, -0.1) is 0 Å². The van der Waals surface area contributed by atoms with E-state index in [-0.39, 0.29) is 12.3 Å². The second-order valence-electron chi connectivity index (χ2n) is 5.50. The standard InChI is InChI=1S/C18H21N3O3/c1-13(7-3-2-4-11-16(22)21-24)18(23)20-15-10-5-8-14-9-6-12-19-17(14)15/h5-10,12,24H,2-4,11H2,1H3,(H,20,23)(H,21,22)/b13-7+. The molecule has 1 aromatic carbocycles. The van der Waals surface area contributed by atoms with Gasteiger partial charge in [0.25, 0.3) is 5.91 Å². The molecule has 0 fully saturated rings. The molecule has 0 aliphatic heterocycles. The summed E-state index contributed by atoms with van der Waals surface area (Å²) >= 11 is 0. The highest BCUT2D eigenvalue weighted by atomic mass is 16.5. The Hall–Kier alpha value is -2.73. The number of rotatable bonds is 7. The van der Waals surface area contributed by atoms with Crippen LogP contribution in [-0.2, 0) is 9.59 Å². The van der Waals surface area contributed by atoms with Gasteiger partial charge in [0.2, 0.25) is 5.91 Å². The maximum Gasteiger partial charge on any atom is 0.251 e. The lowest BCUT2D eigenvalue weighted by Crippen LogP contribution is -2.17. The van der Waals surface area contributed by atoms with Crippen LogP contribution in [0.4, 0.5) is 5.69 Å². The van der Waals surface area contributed by atoms with Crippen LogP contribution in [0.3, 0.4) is 0 Å². The molecule has 24 heavy (non-hydrogen) atoms. The monoisotopic (exact) mass is 327 g/mol. The van der Waals surface area contributed by atoms with E-state index in [1.165, 1.54) is 0 Å². The number of hydrogen-bond acceptors (Lipinski definition) is 4. The molecule has 0 bridgehead atoms. The van der Waals surface area contributed by atoms with Gasteiger partial charge in [0, 0.05) is 23.6 Å². The molecule has 1 heterocycles. The number of anilines is 1. The van der Waals surface area contributed by atoms with E-state index >= 15 is 0 Å². The third kappa shape index (κ3) is 4.89. The molecule has 6 heteroatoms. The van der Waals surface area contributed by atoms with E-state index in [0.29, 0.717) is 24.1 Å². The molecule has 1 aromatic heterocycles. The smallest absolute Gasteiger partial charge is 0.251 e. The van der Waals surface area contributed by atoms with Gasteiger partial charge in [-0.05, 0) is 38.3 Å². The zero-order chi connectivity index (χ0) is 17.4. The number of aromatic nitrogens is 1. The summed E-state index contributed by atoms with van der Waals surface area (Å²) in [5.41, 5.74) is 3.67. The highest BCUT2D eigenvalue weighted by Gasteiger charge is 2.08. The number of nitrogens with one attached hydrogen (secondary N) is 2. The van der Waals surface area contributed by atoms with Crippen molar-refractivity contribution in [2.45, 2.75) is 32.6 Å². The number of carbonyl (C=O) groups is 2. The van der Waals surface area contributed by atoms with Crippen molar-refractivity contribution in [3.63, 3.8) is 0 Å². The lowest BCUT2D eigenvalue weighted by molar-refractivity contribution is -0.129. The minimum Gasteiger partial charge on any atom is -0.320 e. The summed E-state index contributed by atoms with van der Waals surface area (Å²) in [6.07, 6.45) is 5.95. The third-order valence-electron chi connectivity index (χ3n) is 3.67. The molecule has 0 radical (unpaired) electrons. The fraction of sp³-hybridized carbons (Fsp3) is 0.278. The fourth-order valence-corrected chi connectivity index (χ4v) is 2.32. The number of pyridine rings is 1. The van der Waals surface area contributed by atoms with Gasteiger partial charge >= 0.3 is 0 Å². The van der Waals surface area contributed by atoms with Gasteiger partial charge in [0.1, 0.15) is 0 Å². The predicted octanol–water partition coefficient (Wildman–Crippen LogP) is 3.19. The summed E-state index contributed by atoms with van der Waals surface area (Å²) in [4.78, 5) is 27.5. The Morgan fingerprint density at radius 1 is 1.21 bits per heavy atom. The number of fused-ring (bicyclic) bond motifs is 1. The normalized spacial score (nSPS) is 11.3. The van der Waals surface area contributed by atoms with E-state index < -0.39 is 5.91 Å². The highest BCUT2D eigenvalue weighted by molar-refractivity contribution is 6.07. The first-order chi connectivity index (χ1) is 11.6. The van der Waals surface area contributed by atoms with Gasteiger partial charge in [-0.3, -0.25) is 19.8 Å². The van der Waals surface area contributed by atoms with Gasteiger partial charge in [0.05, 0.1) is 11.2 Å². The zero-order valence-corrected chi connectivity index (χ0v) is 13.6. The van der Waals surface area contributed by atoms with Crippen LogP contribution in [0.25, 0.3) is 10.9 Å². The van der Waals surface area contributed by atoms with Crippen LogP contribution < -0.4 is 10.8 Å². The summed E-state index contributed by atoms with van der Waals surface area (Å²) in [6.45, 7) is 1.76. The van der Waals surface area contributed by atoms with Crippen molar-refractivity contribution in [2.24, 2.45) is 0 Å². The van der Waals surface area contributed by atoms with Crippen molar-refractivity contribution >= 4 is 28.4 Å². The number of benzene rings is 1. The van der Waals surface area contributed by atoms with Crippen LogP contribution >= 0.6 is 0 Å². The van der Waals surface area contributed by atoms with Gasteiger partial charge in [-0.2, -0.15) is 0 Å².